The van der Waals surface area contributed by atoms with E-state index in [1.165, 1.54) is 11.3 Å². The van der Waals surface area contributed by atoms with E-state index in [9.17, 15) is 4.79 Å². The molecule has 140 valence electrons. The summed E-state index contributed by atoms with van der Waals surface area (Å²) in [6.45, 7) is 0. The third-order valence-electron chi connectivity index (χ3n) is 3.60. The van der Waals surface area contributed by atoms with Crippen molar-refractivity contribution >= 4 is 28.2 Å². The topological polar surface area (TPSA) is 94.6 Å². The summed E-state index contributed by atoms with van der Waals surface area (Å²) < 4.78 is 15.7. The first-order chi connectivity index (χ1) is 13.1. The van der Waals surface area contributed by atoms with Gasteiger partial charge in [0.05, 0.1) is 21.3 Å². The highest BCUT2D eigenvalue weighted by Crippen LogP contribution is 2.34. The summed E-state index contributed by atoms with van der Waals surface area (Å²) in [5.74, 6) is 1.87. The lowest BCUT2D eigenvalue weighted by Crippen LogP contribution is -2.19. The summed E-state index contributed by atoms with van der Waals surface area (Å²) >= 11 is 1.25. The van der Waals surface area contributed by atoms with Crippen LogP contribution >= 0.6 is 11.3 Å². The third kappa shape index (κ3) is 4.45. The SMILES string of the molecule is COc1cccc(NC(=O)Nc2nnc(-c3ccc(OC)c(OC)c3)s2)c1. The average molecular weight is 386 g/mol. The Labute approximate surface area is 160 Å². The molecule has 1 aromatic heterocycles. The fourth-order valence-electron chi connectivity index (χ4n) is 2.32. The summed E-state index contributed by atoms with van der Waals surface area (Å²) in [5, 5.41) is 14.5. The smallest absolute Gasteiger partial charge is 0.325 e. The first-order valence-electron chi connectivity index (χ1n) is 7.91. The van der Waals surface area contributed by atoms with Gasteiger partial charge in [-0.25, -0.2) is 4.79 Å². The molecule has 8 nitrogen and oxygen atoms in total. The second-order valence-electron chi connectivity index (χ2n) is 5.29. The first-order valence-corrected chi connectivity index (χ1v) is 8.72. The van der Waals surface area contributed by atoms with Crippen LogP contribution in [-0.4, -0.2) is 37.6 Å². The summed E-state index contributed by atoms with van der Waals surface area (Å²) in [4.78, 5) is 12.2. The Kier molecular flexibility index (Phi) is 5.72. The van der Waals surface area contributed by atoms with E-state index in [-0.39, 0.29) is 0 Å². The van der Waals surface area contributed by atoms with E-state index >= 15 is 0 Å². The molecule has 1 heterocycles. The molecule has 3 rings (SSSR count). The molecule has 2 amide bonds. The summed E-state index contributed by atoms with van der Waals surface area (Å²) in [6.07, 6.45) is 0. The van der Waals surface area contributed by atoms with Gasteiger partial charge in [0.25, 0.3) is 0 Å². The minimum atomic E-state index is -0.418. The highest BCUT2D eigenvalue weighted by Gasteiger charge is 2.12. The molecule has 0 bridgehead atoms. The van der Waals surface area contributed by atoms with Crippen molar-refractivity contribution in [2.75, 3.05) is 32.0 Å². The first kappa shape index (κ1) is 18.5. The zero-order valence-corrected chi connectivity index (χ0v) is 15.8. The van der Waals surface area contributed by atoms with Gasteiger partial charge in [-0.3, -0.25) is 5.32 Å². The molecule has 3 aromatic rings. The minimum Gasteiger partial charge on any atom is -0.497 e. The molecule has 0 spiro atoms. The van der Waals surface area contributed by atoms with Gasteiger partial charge in [-0.15, -0.1) is 10.2 Å². The van der Waals surface area contributed by atoms with Crippen molar-refractivity contribution in [1.29, 1.82) is 0 Å². The van der Waals surface area contributed by atoms with E-state index < -0.39 is 6.03 Å². The van der Waals surface area contributed by atoms with Crippen LogP contribution in [0.2, 0.25) is 0 Å². The van der Waals surface area contributed by atoms with Gasteiger partial charge in [-0.1, -0.05) is 17.4 Å². The monoisotopic (exact) mass is 386 g/mol. The van der Waals surface area contributed by atoms with Crippen LogP contribution in [0.1, 0.15) is 0 Å². The molecular weight excluding hydrogens is 368 g/mol. The fraction of sp³-hybridized carbons (Fsp3) is 0.167. The highest BCUT2D eigenvalue weighted by atomic mass is 32.1. The number of carbonyl (C=O) groups is 1. The number of nitrogens with one attached hydrogen (secondary N) is 2. The van der Waals surface area contributed by atoms with Crippen LogP contribution in [0.3, 0.4) is 0 Å². The van der Waals surface area contributed by atoms with E-state index in [1.807, 2.05) is 6.07 Å². The average Bonchev–Trinajstić information content (AvgIpc) is 3.15. The van der Waals surface area contributed by atoms with Gasteiger partial charge in [0.1, 0.15) is 10.8 Å². The molecular formula is C18H18N4O4S. The number of carbonyl (C=O) groups excluding carboxylic acids is 1. The lowest BCUT2D eigenvalue weighted by molar-refractivity contribution is 0.262. The van der Waals surface area contributed by atoms with Crippen molar-refractivity contribution < 1.29 is 19.0 Å². The molecule has 2 N–H and O–H groups in total. The number of hydrogen-bond acceptors (Lipinski definition) is 7. The zero-order valence-electron chi connectivity index (χ0n) is 15.0. The van der Waals surface area contributed by atoms with Crippen molar-refractivity contribution in [2.45, 2.75) is 0 Å². The van der Waals surface area contributed by atoms with Crippen LogP contribution in [0.5, 0.6) is 17.2 Å². The van der Waals surface area contributed by atoms with E-state index in [0.29, 0.717) is 33.1 Å². The molecule has 9 heteroatoms. The summed E-state index contributed by atoms with van der Waals surface area (Å²) in [7, 11) is 4.71. The molecule has 0 aliphatic rings. The lowest BCUT2D eigenvalue weighted by atomic mass is 10.2. The molecule has 0 saturated heterocycles. The summed E-state index contributed by atoms with van der Waals surface area (Å²) in [5.41, 5.74) is 1.42. The summed E-state index contributed by atoms with van der Waals surface area (Å²) in [6, 6.07) is 12.1. The molecule has 27 heavy (non-hydrogen) atoms. The van der Waals surface area contributed by atoms with Gasteiger partial charge in [-0.05, 0) is 30.3 Å². The number of rotatable bonds is 6. The van der Waals surface area contributed by atoms with Crippen molar-refractivity contribution in [1.82, 2.24) is 10.2 Å². The molecule has 2 aromatic carbocycles. The number of anilines is 2. The van der Waals surface area contributed by atoms with Gasteiger partial charge in [0.2, 0.25) is 5.13 Å². The lowest BCUT2D eigenvalue weighted by Gasteiger charge is -2.08. The van der Waals surface area contributed by atoms with Crippen LogP contribution < -0.4 is 24.8 Å². The Morgan fingerprint density at radius 2 is 1.74 bits per heavy atom. The van der Waals surface area contributed by atoms with Gasteiger partial charge in [0.15, 0.2) is 11.5 Å². The maximum atomic E-state index is 12.2. The maximum Gasteiger partial charge on any atom is 0.325 e. The van der Waals surface area contributed by atoms with Crippen LogP contribution in [0.25, 0.3) is 10.6 Å². The number of aromatic nitrogens is 2. The number of ether oxygens (including phenoxy) is 3. The number of urea groups is 1. The Morgan fingerprint density at radius 3 is 2.48 bits per heavy atom. The van der Waals surface area contributed by atoms with Gasteiger partial charge >= 0.3 is 6.03 Å². The standard InChI is InChI=1S/C18H18N4O4S/c1-24-13-6-4-5-12(10-13)19-17(23)20-18-22-21-16(27-18)11-7-8-14(25-2)15(9-11)26-3/h4-10H,1-3H3,(H2,19,20,22,23). The fourth-order valence-corrected chi connectivity index (χ4v) is 3.05. The van der Waals surface area contributed by atoms with Crippen molar-refractivity contribution in [3.63, 3.8) is 0 Å². The highest BCUT2D eigenvalue weighted by molar-refractivity contribution is 7.18. The van der Waals surface area contributed by atoms with Crippen molar-refractivity contribution in [2.24, 2.45) is 0 Å². The Morgan fingerprint density at radius 1 is 0.926 bits per heavy atom. The zero-order chi connectivity index (χ0) is 19.2. The molecule has 0 aliphatic heterocycles. The van der Waals surface area contributed by atoms with E-state index in [0.717, 1.165) is 5.56 Å². The number of amides is 2. The van der Waals surface area contributed by atoms with E-state index in [4.69, 9.17) is 14.2 Å². The Balaban J connectivity index is 1.69. The van der Waals surface area contributed by atoms with Gasteiger partial charge < -0.3 is 19.5 Å². The van der Waals surface area contributed by atoms with E-state index in [1.54, 1.807) is 57.7 Å². The number of benzene rings is 2. The van der Waals surface area contributed by atoms with Crippen LogP contribution in [0.4, 0.5) is 15.6 Å². The van der Waals surface area contributed by atoms with Gasteiger partial charge in [0, 0.05) is 17.3 Å². The largest absolute Gasteiger partial charge is 0.497 e. The van der Waals surface area contributed by atoms with Crippen LogP contribution in [0.15, 0.2) is 42.5 Å². The number of nitrogens with zero attached hydrogens (tertiary/aromatic N) is 2. The van der Waals surface area contributed by atoms with Gasteiger partial charge in [-0.2, -0.15) is 0 Å². The third-order valence-corrected chi connectivity index (χ3v) is 4.49. The normalized spacial score (nSPS) is 10.2. The van der Waals surface area contributed by atoms with Crippen LogP contribution in [-0.2, 0) is 0 Å². The van der Waals surface area contributed by atoms with Crippen molar-refractivity contribution in [3.05, 3.63) is 42.5 Å². The minimum absolute atomic E-state index is 0.375. The predicted molar refractivity (Wildman–Crippen MR) is 104 cm³/mol. The molecule has 0 radical (unpaired) electrons. The second kappa shape index (κ2) is 8.37. The van der Waals surface area contributed by atoms with Crippen LogP contribution in [0, 0.1) is 0 Å². The molecule has 0 atom stereocenters. The molecule has 0 unspecified atom stereocenters. The molecule has 0 fully saturated rings. The van der Waals surface area contributed by atoms with Crippen molar-refractivity contribution in [3.8, 4) is 27.8 Å². The predicted octanol–water partition coefficient (Wildman–Crippen LogP) is 3.87. The quantitative estimate of drug-likeness (QED) is 0.668. The number of hydrogen-bond donors (Lipinski definition) is 2. The molecule has 0 aliphatic carbocycles. The maximum absolute atomic E-state index is 12.2. The number of methoxy groups -OCH3 is 3. The molecule has 0 saturated carbocycles. The van der Waals surface area contributed by atoms with E-state index in [2.05, 4.69) is 20.8 Å². The Hall–Kier alpha value is -3.33. The Bertz CT molecular complexity index is 945. The second-order valence-corrected chi connectivity index (χ2v) is 6.27.